The Morgan fingerprint density at radius 2 is 2.15 bits per heavy atom. The number of aromatic amines is 1. The van der Waals surface area contributed by atoms with Gasteiger partial charge in [-0.05, 0) is 49.8 Å². The van der Waals surface area contributed by atoms with Crippen LogP contribution in [0.2, 0.25) is 0 Å². The van der Waals surface area contributed by atoms with Gasteiger partial charge in [0.2, 0.25) is 0 Å². The molecule has 0 bridgehead atoms. The average Bonchev–Trinajstić information content (AvgIpc) is 2.62. The van der Waals surface area contributed by atoms with Crippen molar-refractivity contribution in [2.24, 2.45) is 0 Å². The van der Waals surface area contributed by atoms with Crippen LogP contribution >= 0.6 is 0 Å². The summed E-state index contributed by atoms with van der Waals surface area (Å²) >= 11 is 0. The minimum Gasteiger partial charge on any atom is -0.383 e. The van der Waals surface area contributed by atoms with Crippen LogP contribution < -0.4 is 16.2 Å². The number of amides is 1. The van der Waals surface area contributed by atoms with Crippen LogP contribution in [0.1, 0.15) is 52.9 Å². The Balaban J connectivity index is 1.60. The Labute approximate surface area is 150 Å². The van der Waals surface area contributed by atoms with Gasteiger partial charge < -0.3 is 10.6 Å². The third-order valence-electron chi connectivity index (χ3n) is 5.15. The zero-order valence-electron chi connectivity index (χ0n) is 14.4. The fraction of sp³-hybridized carbons (Fsp3) is 0.421. The molecule has 0 radical (unpaired) electrons. The summed E-state index contributed by atoms with van der Waals surface area (Å²) < 4.78 is 14.1. The third-order valence-corrected chi connectivity index (χ3v) is 5.15. The van der Waals surface area contributed by atoms with E-state index in [-0.39, 0.29) is 23.1 Å². The van der Waals surface area contributed by atoms with E-state index in [1.54, 1.807) is 12.1 Å². The Morgan fingerprint density at radius 1 is 1.31 bits per heavy atom. The maximum Gasteiger partial charge on any atom is 0.269 e. The fourth-order valence-corrected chi connectivity index (χ4v) is 3.45. The molecule has 2 aromatic rings. The molecule has 0 unspecified atom stereocenters. The van der Waals surface area contributed by atoms with Crippen molar-refractivity contribution in [1.82, 2.24) is 15.5 Å². The standard InChI is InChI=1S/C19H21FN4O2/c20-15-7-6-11(9-14(15)18(25)22-12-3-1-4-12)10-16-17-13(5-2-8-21-17)19(26)24-23-16/h6-7,9,12,21H,1-5,8,10H2,(H,22,25)(H,24,26). The number of hydrogen-bond acceptors (Lipinski definition) is 4. The van der Waals surface area contributed by atoms with E-state index >= 15 is 0 Å². The molecule has 2 heterocycles. The lowest BCUT2D eigenvalue weighted by Gasteiger charge is -2.26. The largest absolute Gasteiger partial charge is 0.383 e. The van der Waals surface area contributed by atoms with Crippen LogP contribution in [0.3, 0.4) is 0 Å². The number of rotatable bonds is 4. The van der Waals surface area contributed by atoms with Crippen LogP contribution in [-0.4, -0.2) is 28.7 Å². The Hall–Kier alpha value is -2.70. The van der Waals surface area contributed by atoms with Crippen molar-refractivity contribution < 1.29 is 9.18 Å². The molecule has 7 heteroatoms. The van der Waals surface area contributed by atoms with Gasteiger partial charge in [-0.15, -0.1) is 0 Å². The predicted molar refractivity (Wildman–Crippen MR) is 96.0 cm³/mol. The van der Waals surface area contributed by atoms with Crippen LogP contribution in [0.15, 0.2) is 23.0 Å². The number of anilines is 1. The molecule has 1 aliphatic heterocycles. The molecule has 2 aliphatic rings. The second kappa shape index (κ2) is 6.90. The minimum atomic E-state index is -0.528. The molecule has 0 saturated heterocycles. The lowest BCUT2D eigenvalue weighted by molar-refractivity contribution is 0.0912. The Kier molecular flexibility index (Phi) is 4.44. The van der Waals surface area contributed by atoms with Crippen LogP contribution in [0.4, 0.5) is 10.1 Å². The average molecular weight is 356 g/mol. The van der Waals surface area contributed by atoms with E-state index in [1.807, 2.05) is 0 Å². The molecule has 0 spiro atoms. The van der Waals surface area contributed by atoms with Crippen molar-refractivity contribution >= 4 is 11.6 Å². The first-order valence-corrected chi connectivity index (χ1v) is 9.05. The summed E-state index contributed by atoms with van der Waals surface area (Å²) in [6, 6.07) is 4.70. The molecule has 1 aliphatic carbocycles. The molecule has 26 heavy (non-hydrogen) atoms. The fourth-order valence-electron chi connectivity index (χ4n) is 3.45. The molecule has 1 saturated carbocycles. The van der Waals surface area contributed by atoms with Gasteiger partial charge in [-0.3, -0.25) is 9.59 Å². The second-order valence-corrected chi connectivity index (χ2v) is 6.98. The number of H-pyrrole nitrogens is 1. The first-order valence-electron chi connectivity index (χ1n) is 9.05. The van der Waals surface area contributed by atoms with Gasteiger partial charge in [0, 0.05) is 24.6 Å². The molecule has 6 nitrogen and oxygen atoms in total. The van der Waals surface area contributed by atoms with Crippen molar-refractivity contribution in [3.05, 3.63) is 56.8 Å². The van der Waals surface area contributed by atoms with Crippen molar-refractivity contribution in [1.29, 1.82) is 0 Å². The highest BCUT2D eigenvalue weighted by atomic mass is 19.1. The highest BCUT2D eigenvalue weighted by Gasteiger charge is 2.22. The smallest absolute Gasteiger partial charge is 0.269 e. The zero-order chi connectivity index (χ0) is 18.1. The first-order chi connectivity index (χ1) is 12.6. The number of nitrogens with one attached hydrogen (secondary N) is 3. The van der Waals surface area contributed by atoms with E-state index in [2.05, 4.69) is 20.8 Å². The van der Waals surface area contributed by atoms with Crippen LogP contribution in [-0.2, 0) is 12.8 Å². The van der Waals surface area contributed by atoms with Crippen LogP contribution in [0.25, 0.3) is 0 Å². The molecule has 1 aromatic heterocycles. The van der Waals surface area contributed by atoms with Crippen LogP contribution in [0.5, 0.6) is 0 Å². The number of hydrogen-bond donors (Lipinski definition) is 3. The van der Waals surface area contributed by atoms with Gasteiger partial charge in [0.05, 0.1) is 16.9 Å². The van der Waals surface area contributed by atoms with E-state index in [1.165, 1.54) is 6.07 Å². The quantitative estimate of drug-likeness (QED) is 0.783. The maximum absolute atomic E-state index is 14.1. The molecule has 1 fully saturated rings. The molecule has 4 rings (SSSR count). The summed E-state index contributed by atoms with van der Waals surface area (Å²) in [5.41, 5.74) is 2.85. The van der Waals surface area contributed by atoms with Crippen molar-refractivity contribution in [2.45, 2.75) is 44.6 Å². The monoisotopic (exact) mass is 356 g/mol. The number of nitrogens with zero attached hydrogens (tertiary/aromatic N) is 1. The topological polar surface area (TPSA) is 86.9 Å². The van der Waals surface area contributed by atoms with E-state index < -0.39 is 5.82 Å². The lowest BCUT2D eigenvalue weighted by atomic mass is 9.92. The highest BCUT2D eigenvalue weighted by Crippen LogP contribution is 2.24. The summed E-state index contributed by atoms with van der Waals surface area (Å²) in [4.78, 5) is 24.3. The van der Waals surface area contributed by atoms with Crippen molar-refractivity contribution in [2.75, 3.05) is 11.9 Å². The summed E-state index contributed by atoms with van der Waals surface area (Å²) in [5, 5.41) is 12.8. The second-order valence-electron chi connectivity index (χ2n) is 6.98. The summed E-state index contributed by atoms with van der Waals surface area (Å²) in [5.74, 6) is -0.899. The normalized spacial score (nSPS) is 16.3. The summed E-state index contributed by atoms with van der Waals surface area (Å²) in [6.07, 6.45) is 5.03. The lowest BCUT2D eigenvalue weighted by Crippen LogP contribution is -2.39. The molecule has 136 valence electrons. The minimum absolute atomic E-state index is 0.0562. The zero-order valence-corrected chi connectivity index (χ0v) is 14.4. The maximum atomic E-state index is 14.1. The molecule has 1 amide bonds. The van der Waals surface area contributed by atoms with Gasteiger partial charge in [0.1, 0.15) is 5.82 Å². The number of carbonyl (C=O) groups is 1. The number of halogens is 1. The van der Waals surface area contributed by atoms with Gasteiger partial charge in [-0.2, -0.15) is 5.10 Å². The van der Waals surface area contributed by atoms with E-state index in [9.17, 15) is 14.0 Å². The predicted octanol–water partition coefficient (Wildman–Crippen LogP) is 2.14. The first kappa shape index (κ1) is 16.8. The Bertz CT molecular complexity index is 905. The van der Waals surface area contributed by atoms with Gasteiger partial charge in [-0.25, -0.2) is 9.49 Å². The van der Waals surface area contributed by atoms with Crippen LogP contribution in [0, 0.1) is 5.82 Å². The molecule has 0 atom stereocenters. The van der Waals surface area contributed by atoms with E-state index in [4.69, 9.17) is 0 Å². The number of fused-ring (bicyclic) bond motifs is 1. The number of carbonyl (C=O) groups excluding carboxylic acids is 1. The Morgan fingerprint density at radius 3 is 2.92 bits per heavy atom. The molecule has 1 aromatic carbocycles. The SMILES string of the molecule is O=C(NC1CCC1)c1cc(Cc2n[nH]c(=O)c3c2NCCC3)ccc1F. The molecular formula is C19H21FN4O2. The van der Waals surface area contributed by atoms with E-state index in [0.29, 0.717) is 24.1 Å². The van der Waals surface area contributed by atoms with Crippen molar-refractivity contribution in [3.63, 3.8) is 0 Å². The van der Waals surface area contributed by atoms with E-state index in [0.717, 1.165) is 43.5 Å². The molecule has 3 N–H and O–H groups in total. The van der Waals surface area contributed by atoms with Gasteiger partial charge >= 0.3 is 0 Å². The number of benzene rings is 1. The number of aromatic nitrogens is 2. The van der Waals surface area contributed by atoms with Gasteiger partial charge in [0.15, 0.2) is 0 Å². The van der Waals surface area contributed by atoms with Crippen molar-refractivity contribution in [3.8, 4) is 0 Å². The van der Waals surface area contributed by atoms with Gasteiger partial charge in [-0.1, -0.05) is 6.07 Å². The summed E-state index contributed by atoms with van der Waals surface area (Å²) in [7, 11) is 0. The van der Waals surface area contributed by atoms with Gasteiger partial charge in [0.25, 0.3) is 11.5 Å². The summed E-state index contributed by atoms with van der Waals surface area (Å²) in [6.45, 7) is 0.795. The third kappa shape index (κ3) is 3.21. The molecular weight excluding hydrogens is 335 g/mol. The highest BCUT2D eigenvalue weighted by molar-refractivity contribution is 5.95.